The van der Waals surface area contributed by atoms with Gasteiger partial charge in [0.25, 0.3) is 0 Å². The topological polar surface area (TPSA) is 55.7 Å². The molecule has 0 aliphatic carbocycles. The number of methoxy groups -OCH3 is 2. The number of anilines is 1. The van der Waals surface area contributed by atoms with Crippen molar-refractivity contribution in [3.8, 4) is 11.5 Å². The van der Waals surface area contributed by atoms with Crippen LogP contribution in [-0.4, -0.2) is 42.7 Å². The zero-order valence-electron chi connectivity index (χ0n) is 15.0. The summed E-state index contributed by atoms with van der Waals surface area (Å²) in [6.07, 6.45) is 4.25. The van der Waals surface area contributed by atoms with Crippen LogP contribution in [0.1, 0.15) is 24.6 Å². The van der Waals surface area contributed by atoms with E-state index in [-0.39, 0.29) is 5.91 Å². The molecule has 1 aromatic carbocycles. The molecular weight excluding hydrogens is 318 g/mol. The van der Waals surface area contributed by atoms with E-state index < -0.39 is 0 Å². The maximum Gasteiger partial charge on any atom is 0.238 e. The van der Waals surface area contributed by atoms with Crippen molar-refractivity contribution in [2.24, 2.45) is 7.05 Å². The summed E-state index contributed by atoms with van der Waals surface area (Å²) in [5.41, 5.74) is 1.97. The fourth-order valence-electron chi connectivity index (χ4n) is 3.47. The normalized spacial score (nSPS) is 17.5. The fraction of sp³-hybridized carbons (Fsp3) is 0.421. The number of likely N-dealkylation sites (tertiary alicyclic amines) is 1. The third-order valence-electron chi connectivity index (χ3n) is 4.70. The van der Waals surface area contributed by atoms with Crippen LogP contribution in [0.2, 0.25) is 0 Å². The van der Waals surface area contributed by atoms with Gasteiger partial charge in [0.1, 0.15) is 0 Å². The highest BCUT2D eigenvalue weighted by molar-refractivity contribution is 5.92. The van der Waals surface area contributed by atoms with Crippen molar-refractivity contribution < 1.29 is 14.3 Å². The number of aromatic nitrogens is 1. The van der Waals surface area contributed by atoms with Crippen LogP contribution < -0.4 is 14.8 Å². The van der Waals surface area contributed by atoms with Crippen LogP contribution in [0, 0.1) is 0 Å². The number of carbonyl (C=O) groups excluding carboxylic acids is 1. The van der Waals surface area contributed by atoms with Crippen LogP contribution in [0.5, 0.6) is 11.5 Å². The first-order valence-electron chi connectivity index (χ1n) is 8.49. The second-order valence-electron chi connectivity index (χ2n) is 6.29. The molecule has 6 heteroatoms. The molecule has 0 radical (unpaired) electrons. The van der Waals surface area contributed by atoms with Gasteiger partial charge in [-0.2, -0.15) is 0 Å². The number of carbonyl (C=O) groups is 1. The van der Waals surface area contributed by atoms with Gasteiger partial charge < -0.3 is 19.4 Å². The molecule has 1 aromatic heterocycles. The van der Waals surface area contributed by atoms with Gasteiger partial charge >= 0.3 is 0 Å². The fourth-order valence-corrected chi connectivity index (χ4v) is 3.47. The van der Waals surface area contributed by atoms with Gasteiger partial charge in [-0.05, 0) is 43.7 Å². The largest absolute Gasteiger partial charge is 0.493 e. The summed E-state index contributed by atoms with van der Waals surface area (Å²) in [6, 6.07) is 9.87. The minimum Gasteiger partial charge on any atom is -0.493 e. The number of hydrogen-bond acceptors (Lipinski definition) is 4. The lowest BCUT2D eigenvalue weighted by atomic mass is 10.1. The van der Waals surface area contributed by atoms with Gasteiger partial charge in [-0.3, -0.25) is 9.69 Å². The number of nitrogens with zero attached hydrogens (tertiary/aromatic N) is 2. The van der Waals surface area contributed by atoms with Gasteiger partial charge in [0.2, 0.25) is 5.91 Å². The maximum atomic E-state index is 12.5. The molecule has 0 bridgehead atoms. The van der Waals surface area contributed by atoms with Crippen molar-refractivity contribution in [1.82, 2.24) is 9.47 Å². The quantitative estimate of drug-likeness (QED) is 0.876. The highest BCUT2D eigenvalue weighted by Crippen LogP contribution is 2.32. The summed E-state index contributed by atoms with van der Waals surface area (Å²) < 4.78 is 12.6. The molecule has 1 fully saturated rings. The molecule has 1 amide bonds. The molecule has 1 N–H and O–H groups in total. The molecule has 25 heavy (non-hydrogen) atoms. The van der Waals surface area contributed by atoms with E-state index in [2.05, 4.69) is 40.2 Å². The molecule has 0 unspecified atom stereocenters. The Morgan fingerprint density at radius 2 is 2.04 bits per heavy atom. The van der Waals surface area contributed by atoms with E-state index in [9.17, 15) is 4.79 Å². The van der Waals surface area contributed by atoms with Gasteiger partial charge in [-0.25, -0.2) is 0 Å². The zero-order valence-corrected chi connectivity index (χ0v) is 15.0. The SMILES string of the molecule is COc1ccc(NC(=O)CN2CCC[C@@H]2c2cccn2C)cc1OC. The van der Waals surface area contributed by atoms with Gasteiger partial charge in [-0.1, -0.05) is 0 Å². The van der Waals surface area contributed by atoms with Crippen molar-refractivity contribution in [2.45, 2.75) is 18.9 Å². The Bertz CT molecular complexity index is 741. The van der Waals surface area contributed by atoms with Crippen molar-refractivity contribution in [2.75, 3.05) is 32.6 Å². The Balaban J connectivity index is 1.65. The molecule has 1 atom stereocenters. The smallest absolute Gasteiger partial charge is 0.238 e. The van der Waals surface area contributed by atoms with Gasteiger partial charge in [0, 0.05) is 30.7 Å². The number of benzene rings is 1. The zero-order chi connectivity index (χ0) is 17.8. The summed E-state index contributed by atoms with van der Waals surface area (Å²) in [6.45, 7) is 1.32. The average molecular weight is 343 g/mol. The molecule has 2 heterocycles. The minimum absolute atomic E-state index is 0.0201. The van der Waals surface area contributed by atoms with Crippen LogP contribution in [-0.2, 0) is 11.8 Å². The highest BCUT2D eigenvalue weighted by Gasteiger charge is 2.29. The van der Waals surface area contributed by atoms with E-state index in [0.717, 1.165) is 19.4 Å². The second kappa shape index (κ2) is 7.61. The van der Waals surface area contributed by atoms with Crippen LogP contribution in [0.4, 0.5) is 5.69 Å². The second-order valence-corrected chi connectivity index (χ2v) is 6.29. The van der Waals surface area contributed by atoms with Gasteiger partial charge in [-0.15, -0.1) is 0 Å². The summed E-state index contributed by atoms with van der Waals surface area (Å²) in [7, 11) is 5.22. The van der Waals surface area contributed by atoms with E-state index >= 15 is 0 Å². The molecule has 134 valence electrons. The van der Waals surface area contributed by atoms with Crippen LogP contribution in [0.3, 0.4) is 0 Å². The van der Waals surface area contributed by atoms with Gasteiger partial charge in [0.05, 0.1) is 26.8 Å². The summed E-state index contributed by atoms with van der Waals surface area (Å²) in [5, 5.41) is 2.95. The first-order chi connectivity index (χ1) is 12.1. The van der Waals surface area contributed by atoms with E-state index in [1.807, 2.05) is 6.07 Å². The van der Waals surface area contributed by atoms with Crippen LogP contribution >= 0.6 is 0 Å². The number of rotatable bonds is 6. The molecule has 2 aromatic rings. The minimum atomic E-state index is -0.0201. The first-order valence-corrected chi connectivity index (χ1v) is 8.49. The molecule has 1 aliphatic heterocycles. The Labute approximate surface area is 148 Å². The summed E-state index contributed by atoms with van der Waals surface area (Å²) in [4.78, 5) is 14.7. The molecular formula is C19H25N3O3. The van der Waals surface area contributed by atoms with E-state index in [1.54, 1.807) is 26.4 Å². The third kappa shape index (κ3) is 3.79. The predicted octanol–water partition coefficient (Wildman–Crippen LogP) is 2.82. The lowest BCUT2D eigenvalue weighted by Gasteiger charge is -2.24. The monoisotopic (exact) mass is 343 g/mol. The Morgan fingerprint density at radius 3 is 2.72 bits per heavy atom. The Kier molecular flexibility index (Phi) is 5.28. The average Bonchev–Trinajstić information content (AvgIpc) is 3.23. The number of ether oxygens (including phenoxy) is 2. The number of amides is 1. The molecule has 1 aliphatic rings. The predicted molar refractivity (Wildman–Crippen MR) is 97.1 cm³/mol. The van der Waals surface area contributed by atoms with Crippen molar-refractivity contribution in [3.63, 3.8) is 0 Å². The lowest BCUT2D eigenvalue weighted by Crippen LogP contribution is -2.33. The van der Waals surface area contributed by atoms with Crippen LogP contribution in [0.15, 0.2) is 36.5 Å². The standard InChI is InChI=1S/C19H25N3O3/c1-21-10-4-6-15(21)16-7-5-11-22(16)13-19(23)20-14-8-9-17(24-2)18(12-14)25-3/h4,6,8-10,12,16H,5,7,11,13H2,1-3H3,(H,20,23)/t16-/m1/s1. The van der Waals surface area contributed by atoms with Gasteiger partial charge in [0.15, 0.2) is 11.5 Å². The van der Waals surface area contributed by atoms with E-state index in [1.165, 1.54) is 5.69 Å². The van der Waals surface area contributed by atoms with Crippen LogP contribution in [0.25, 0.3) is 0 Å². The molecule has 0 spiro atoms. The van der Waals surface area contributed by atoms with Crippen molar-refractivity contribution in [1.29, 1.82) is 0 Å². The highest BCUT2D eigenvalue weighted by atomic mass is 16.5. The third-order valence-corrected chi connectivity index (χ3v) is 4.70. The maximum absolute atomic E-state index is 12.5. The molecule has 1 saturated heterocycles. The summed E-state index contributed by atoms with van der Waals surface area (Å²) >= 11 is 0. The van der Waals surface area contributed by atoms with Crippen molar-refractivity contribution in [3.05, 3.63) is 42.2 Å². The lowest BCUT2D eigenvalue weighted by molar-refractivity contribution is -0.117. The van der Waals surface area contributed by atoms with E-state index in [4.69, 9.17) is 9.47 Å². The molecule has 6 nitrogen and oxygen atoms in total. The molecule has 0 saturated carbocycles. The Hall–Kier alpha value is -2.47. The Morgan fingerprint density at radius 1 is 1.24 bits per heavy atom. The first kappa shape index (κ1) is 17.4. The number of hydrogen-bond donors (Lipinski definition) is 1. The number of nitrogens with one attached hydrogen (secondary N) is 1. The summed E-state index contributed by atoms with van der Waals surface area (Å²) in [5.74, 6) is 1.22. The molecule has 3 rings (SSSR count). The van der Waals surface area contributed by atoms with E-state index in [0.29, 0.717) is 29.8 Å². The number of aryl methyl sites for hydroxylation is 1. The van der Waals surface area contributed by atoms with Crippen molar-refractivity contribution >= 4 is 11.6 Å².